The third-order valence-corrected chi connectivity index (χ3v) is 4.50. The summed E-state index contributed by atoms with van der Waals surface area (Å²) in [7, 11) is 0. The van der Waals surface area contributed by atoms with Gasteiger partial charge in [-0.1, -0.05) is 71.0 Å². The van der Waals surface area contributed by atoms with E-state index in [4.69, 9.17) is 4.74 Å². The highest BCUT2D eigenvalue weighted by atomic mass is 16.6. The molecule has 2 rings (SSSR count). The number of benzene rings is 2. The van der Waals surface area contributed by atoms with Gasteiger partial charge in [0.1, 0.15) is 5.60 Å². The van der Waals surface area contributed by atoms with E-state index in [1.807, 2.05) is 45.0 Å². The molecule has 3 heteroatoms. The summed E-state index contributed by atoms with van der Waals surface area (Å²) in [6.07, 6.45) is 0.690. The highest BCUT2D eigenvalue weighted by Crippen LogP contribution is 2.36. The maximum absolute atomic E-state index is 11.9. The highest BCUT2D eigenvalue weighted by Gasteiger charge is 2.27. The number of hydrogen-bond donors (Lipinski definition) is 1. The number of ether oxygens (including phenoxy) is 1. The second-order valence-corrected chi connectivity index (χ2v) is 10.4. The van der Waals surface area contributed by atoms with Crippen molar-refractivity contribution in [1.82, 2.24) is 0 Å². The molecule has 0 aliphatic rings. The summed E-state index contributed by atoms with van der Waals surface area (Å²) in [6.45, 7) is 17.0. The van der Waals surface area contributed by atoms with Gasteiger partial charge in [0.05, 0.1) is 0 Å². The van der Waals surface area contributed by atoms with Crippen molar-refractivity contribution in [3.8, 4) is 11.1 Å². The monoisotopic (exact) mass is 381 g/mol. The lowest BCUT2D eigenvalue weighted by molar-refractivity contribution is 0.0636. The predicted molar refractivity (Wildman–Crippen MR) is 119 cm³/mol. The maximum Gasteiger partial charge on any atom is 0.412 e. The normalized spacial score (nSPS) is 12.6. The van der Waals surface area contributed by atoms with E-state index < -0.39 is 11.7 Å². The first-order valence-corrected chi connectivity index (χ1v) is 9.96. The van der Waals surface area contributed by atoms with Gasteiger partial charge < -0.3 is 4.74 Å². The Morgan fingerprint density at radius 1 is 0.786 bits per heavy atom. The summed E-state index contributed by atoms with van der Waals surface area (Å²) >= 11 is 0. The molecule has 28 heavy (non-hydrogen) atoms. The first kappa shape index (κ1) is 22.0. The zero-order valence-electron chi connectivity index (χ0n) is 18.6. The van der Waals surface area contributed by atoms with Crippen molar-refractivity contribution in [2.75, 3.05) is 5.32 Å². The third-order valence-electron chi connectivity index (χ3n) is 4.50. The van der Waals surface area contributed by atoms with Gasteiger partial charge in [0.2, 0.25) is 0 Å². The van der Waals surface area contributed by atoms with Crippen LogP contribution in [0.15, 0.2) is 48.5 Å². The number of amides is 1. The van der Waals surface area contributed by atoms with E-state index in [0.29, 0.717) is 5.41 Å². The Morgan fingerprint density at radius 3 is 1.68 bits per heavy atom. The standard InChI is InChI=1S/C25H35NO2/c1-23(2,3)17-25(7,8)20-13-9-18(10-14-20)19-11-15-21(16-12-19)26-22(27)28-24(4,5)6/h9-16H,17H2,1-8H3,(H,26,27). The summed E-state index contributed by atoms with van der Waals surface area (Å²) in [5, 5.41) is 2.77. The van der Waals surface area contributed by atoms with Gasteiger partial charge >= 0.3 is 6.09 Å². The van der Waals surface area contributed by atoms with Gasteiger partial charge in [0.15, 0.2) is 0 Å². The van der Waals surface area contributed by atoms with Gasteiger partial charge in [-0.25, -0.2) is 4.79 Å². The molecule has 2 aromatic carbocycles. The zero-order chi connectivity index (χ0) is 21.2. The van der Waals surface area contributed by atoms with Crippen LogP contribution in [0, 0.1) is 5.41 Å². The van der Waals surface area contributed by atoms with Crippen LogP contribution in [0.3, 0.4) is 0 Å². The van der Waals surface area contributed by atoms with E-state index >= 15 is 0 Å². The smallest absolute Gasteiger partial charge is 0.412 e. The molecule has 152 valence electrons. The van der Waals surface area contributed by atoms with Gasteiger partial charge in [-0.15, -0.1) is 0 Å². The van der Waals surface area contributed by atoms with Crippen molar-refractivity contribution < 1.29 is 9.53 Å². The fourth-order valence-electron chi connectivity index (χ4n) is 3.71. The van der Waals surface area contributed by atoms with Gasteiger partial charge in [0, 0.05) is 5.69 Å². The number of carbonyl (C=O) groups excluding carboxylic acids is 1. The number of hydrogen-bond acceptors (Lipinski definition) is 2. The van der Waals surface area contributed by atoms with Crippen LogP contribution in [0.4, 0.5) is 10.5 Å². The Morgan fingerprint density at radius 2 is 1.25 bits per heavy atom. The van der Waals surface area contributed by atoms with Crippen LogP contribution < -0.4 is 5.32 Å². The van der Waals surface area contributed by atoms with Crippen molar-refractivity contribution in [3.63, 3.8) is 0 Å². The Labute approximate surface area is 170 Å². The van der Waals surface area contributed by atoms with Crippen molar-refractivity contribution in [2.45, 2.75) is 72.8 Å². The predicted octanol–water partition coefficient (Wildman–Crippen LogP) is 7.41. The van der Waals surface area contributed by atoms with Gasteiger partial charge in [-0.3, -0.25) is 5.32 Å². The molecule has 1 amide bonds. The lowest BCUT2D eigenvalue weighted by Gasteiger charge is -2.33. The van der Waals surface area contributed by atoms with Crippen LogP contribution in [0.5, 0.6) is 0 Å². The van der Waals surface area contributed by atoms with Crippen LogP contribution in [-0.4, -0.2) is 11.7 Å². The Kier molecular flexibility index (Phi) is 6.27. The SMILES string of the molecule is CC(C)(C)CC(C)(C)c1ccc(-c2ccc(NC(=O)OC(C)(C)C)cc2)cc1. The molecule has 0 spiro atoms. The van der Waals surface area contributed by atoms with E-state index in [2.05, 4.69) is 64.2 Å². The number of anilines is 1. The minimum absolute atomic E-state index is 0.137. The van der Waals surface area contributed by atoms with Gasteiger partial charge in [-0.05, 0) is 66.8 Å². The molecule has 0 heterocycles. The van der Waals surface area contributed by atoms with Crippen LogP contribution >= 0.6 is 0 Å². The van der Waals surface area contributed by atoms with Gasteiger partial charge in [0.25, 0.3) is 0 Å². The molecule has 2 aromatic rings. The minimum Gasteiger partial charge on any atom is -0.444 e. The van der Waals surface area contributed by atoms with Crippen LogP contribution in [0.2, 0.25) is 0 Å². The van der Waals surface area contributed by atoms with E-state index in [9.17, 15) is 4.79 Å². The average molecular weight is 382 g/mol. The highest BCUT2D eigenvalue weighted by molar-refractivity contribution is 5.85. The van der Waals surface area contributed by atoms with Crippen LogP contribution in [0.1, 0.15) is 67.4 Å². The van der Waals surface area contributed by atoms with E-state index in [-0.39, 0.29) is 5.41 Å². The fraction of sp³-hybridized carbons (Fsp3) is 0.480. The summed E-state index contributed by atoms with van der Waals surface area (Å²) in [5.41, 5.74) is 4.29. The minimum atomic E-state index is -0.507. The molecule has 3 nitrogen and oxygen atoms in total. The molecule has 0 aromatic heterocycles. The quantitative estimate of drug-likeness (QED) is 0.598. The first-order valence-electron chi connectivity index (χ1n) is 9.96. The molecule has 0 fully saturated rings. The van der Waals surface area contributed by atoms with Gasteiger partial charge in [-0.2, -0.15) is 0 Å². The fourth-order valence-corrected chi connectivity index (χ4v) is 3.71. The molecule has 0 bridgehead atoms. The zero-order valence-corrected chi connectivity index (χ0v) is 18.6. The molecule has 0 aliphatic carbocycles. The van der Waals surface area contributed by atoms with Crippen molar-refractivity contribution in [3.05, 3.63) is 54.1 Å². The Balaban J connectivity index is 2.09. The second-order valence-electron chi connectivity index (χ2n) is 10.4. The topological polar surface area (TPSA) is 38.3 Å². The van der Waals surface area contributed by atoms with E-state index in [1.165, 1.54) is 11.1 Å². The summed E-state index contributed by atoms with van der Waals surface area (Å²) in [4.78, 5) is 11.9. The molecule has 0 radical (unpaired) electrons. The summed E-state index contributed by atoms with van der Waals surface area (Å²) in [5.74, 6) is 0. The van der Waals surface area contributed by atoms with Crippen LogP contribution in [-0.2, 0) is 10.2 Å². The lowest BCUT2D eigenvalue weighted by atomic mass is 9.72. The largest absolute Gasteiger partial charge is 0.444 e. The Bertz CT molecular complexity index is 788. The third kappa shape index (κ3) is 6.70. The lowest BCUT2D eigenvalue weighted by Crippen LogP contribution is -2.27. The average Bonchev–Trinajstić information content (AvgIpc) is 2.51. The molecule has 0 saturated carbocycles. The molecule has 0 saturated heterocycles. The molecular weight excluding hydrogens is 346 g/mol. The molecule has 0 atom stereocenters. The van der Waals surface area contributed by atoms with Crippen LogP contribution in [0.25, 0.3) is 11.1 Å². The van der Waals surface area contributed by atoms with Crippen molar-refractivity contribution >= 4 is 11.8 Å². The number of nitrogens with one attached hydrogen (secondary N) is 1. The molecule has 0 unspecified atom stereocenters. The molecular formula is C25H35NO2. The number of rotatable bonds is 4. The first-order chi connectivity index (χ1) is 12.8. The molecule has 0 aliphatic heterocycles. The second kappa shape index (κ2) is 7.98. The maximum atomic E-state index is 11.9. The number of carbonyl (C=O) groups is 1. The molecule has 1 N–H and O–H groups in total. The summed E-state index contributed by atoms with van der Waals surface area (Å²) in [6, 6.07) is 16.6. The van der Waals surface area contributed by atoms with Crippen molar-refractivity contribution in [1.29, 1.82) is 0 Å². The van der Waals surface area contributed by atoms with E-state index in [0.717, 1.165) is 17.7 Å². The summed E-state index contributed by atoms with van der Waals surface area (Å²) < 4.78 is 5.29. The van der Waals surface area contributed by atoms with Crippen molar-refractivity contribution in [2.24, 2.45) is 5.41 Å². The Hall–Kier alpha value is -2.29. The van der Waals surface area contributed by atoms with E-state index in [1.54, 1.807) is 0 Å².